The van der Waals surface area contributed by atoms with Gasteiger partial charge in [0.05, 0.1) is 32.4 Å². The molecule has 3 aromatic rings. The normalized spacial score (nSPS) is 10.4. The van der Waals surface area contributed by atoms with Gasteiger partial charge in [-0.05, 0) is 43.7 Å². The summed E-state index contributed by atoms with van der Waals surface area (Å²) in [5, 5.41) is 15.6. The lowest BCUT2D eigenvalue weighted by molar-refractivity contribution is -0.142. The van der Waals surface area contributed by atoms with E-state index in [-0.39, 0.29) is 43.3 Å². The van der Waals surface area contributed by atoms with Crippen molar-refractivity contribution in [3.63, 3.8) is 0 Å². The van der Waals surface area contributed by atoms with Crippen LogP contribution in [0.5, 0.6) is 11.5 Å². The molecule has 1 heterocycles. The molecule has 0 aliphatic heterocycles. The predicted octanol–water partition coefficient (Wildman–Crippen LogP) is 4.11. The highest BCUT2D eigenvalue weighted by atomic mass is 16.5. The molecular weight excluding hydrogens is 466 g/mol. The Bertz CT molecular complexity index is 1220. The molecule has 10 nitrogen and oxygen atoms in total. The van der Waals surface area contributed by atoms with Crippen LogP contribution in [0.25, 0.3) is 16.8 Å². The summed E-state index contributed by atoms with van der Waals surface area (Å²) in [6.07, 6.45) is 1.67. The number of urea groups is 1. The topological polar surface area (TPSA) is 128 Å². The number of anilines is 1. The molecule has 0 unspecified atom stereocenters. The number of para-hydroxylation sites is 1. The average molecular weight is 496 g/mol. The van der Waals surface area contributed by atoms with Gasteiger partial charge < -0.3 is 34.5 Å². The number of nitrogens with one attached hydrogen (secondary N) is 2. The number of hydrogen-bond acceptors (Lipinski definition) is 7. The van der Waals surface area contributed by atoms with Crippen LogP contribution in [0.3, 0.4) is 0 Å². The largest absolute Gasteiger partial charge is 0.504 e. The number of hydrogen-bond donors (Lipinski definition) is 3. The second kappa shape index (κ2) is 12.3. The Labute approximate surface area is 208 Å². The number of esters is 2. The molecule has 0 aliphatic rings. The average Bonchev–Trinajstić information content (AvgIpc) is 3.28. The number of nitrogens with zero attached hydrogens (tertiary/aromatic N) is 1. The lowest BCUT2D eigenvalue weighted by Crippen LogP contribution is -2.31. The molecule has 0 saturated heterocycles. The Hall–Kier alpha value is -4.47. The molecule has 36 heavy (non-hydrogen) atoms. The fourth-order valence-electron chi connectivity index (χ4n) is 3.56. The third kappa shape index (κ3) is 6.15. The van der Waals surface area contributed by atoms with Gasteiger partial charge in [0, 0.05) is 24.0 Å². The summed E-state index contributed by atoms with van der Waals surface area (Å²) in [6.45, 7) is 3.90. The van der Waals surface area contributed by atoms with E-state index in [4.69, 9.17) is 14.2 Å². The number of benzene rings is 2. The first kappa shape index (κ1) is 26.1. The van der Waals surface area contributed by atoms with Crippen molar-refractivity contribution in [1.29, 1.82) is 0 Å². The van der Waals surface area contributed by atoms with Crippen LogP contribution in [-0.4, -0.2) is 54.5 Å². The Kier molecular flexibility index (Phi) is 8.93. The maximum absolute atomic E-state index is 12.8. The molecule has 10 heteroatoms. The van der Waals surface area contributed by atoms with E-state index in [1.54, 1.807) is 73.1 Å². The van der Waals surface area contributed by atoms with Gasteiger partial charge in [0.25, 0.3) is 0 Å². The van der Waals surface area contributed by atoms with Crippen LogP contribution >= 0.6 is 0 Å². The van der Waals surface area contributed by atoms with Crippen LogP contribution in [0.2, 0.25) is 0 Å². The van der Waals surface area contributed by atoms with E-state index in [0.717, 1.165) is 5.56 Å². The maximum atomic E-state index is 12.8. The number of ether oxygens (including phenoxy) is 3. The van der Waals surface area contributed by atoms with Gasteiger partial charge in [0.15, 0.2) is 17.2 Å². The van der Waals surface area contributed by atoms with E-state index in [0.29, 0.717) is 17.0 Å². The van der Waals surface area contributed by atoms with Crippen LogP contribution in [0.4, 0.5) is 10.5 Å². The van der Waals surface area contributed by atoms with Gasteiger partial charge in [-0.3, -0.25) is 4.79 Å². The standard InChI is InChI=1S/C26H29N3O7/c1-4-35-22(30)13-15-27-26(33)28-20-14-16-29(23(20)25(32)36-5-2)18-11-9-17(10-12-18)19-7-6-8-21(34-3)24(19)31/h6-12,14,16,31H,4-5,13,15H2,1-3H3,(H2,27,28,33). The van der Waals surface area contributed by atoms with Crippen LogP contribution in [-0.2, 0) is 14.3 Å². The third-order valence-electron chi connectivity index (χ3n) is 5.20. The number of methoxy groups -OCH3 is 1. The van der Waals surface area contributed by atoms with E-state index in [1.165, 1.54) is 7.11 Å². The maximum Gasteiger partial charge on any atom is 0.357 e. The zero-order valence-electron chi connectivity index (χ0n) is 20.4. The predicted molar refractivity (Wildman–Crippen MR) is 134 cm³/mol. The number of amides is 2. The Morgan fingerprint density at radius 3 is 2.36 bits per heavy atom. The zero-order valence-corrected chi connectivity index (χ0v) is 20.4. The van der Waals surface area contributed by atoms with Gasteiger partial charge >= 0.3 is 18.0 Å². The minimum atomic E-state index is -0.612. The molecule has 3 rings (SSSR count). The molecule has 0 radical (unpaired) electrons. The van der Waals surface area contributed by atoms with E-state index < -0.39 is 18.0 Å². The lowest BCUT2D eigenvalue weighted by Gasteiger charge is -2.13. The monoisotopic (exact) mass is 495 g/mol. The number of phenols is 1. The molecule has 1 aromatic heterocycles. The first-order valence-electron chi connectivity index (χ1n) is 11.4. The van der Waals surface area contributed by atoms with Gasteiger partial charge in [-0.1, -0.05) is 24.3 Å². The second-order valence-electron chi connectivity index (χ2n) is 7.51. The van der Waals surface area contributed by atoms with Gasteiger partial charge in [-0.2, -0.15) is 0 Å². The number of carbonyl (C=O) groups is 3. The van der Waals surface area contributed by atoms with Crippen molar-refractivity contribution in [3.05, 3.63) is 60.4 Å². The summed E-state index contributed by atoms with van der Waals surface area (Å²) in [5.74, 6) is -0.634. The number of aromatic hydroxyl groups is 1. The molecule has 0 fully saturated rings. The summed E-state index contributed by atoms with van der Waals surface area (Å²) in [5.41, 5.74) is 2.37. The number of phenolic OH excluding ortho intramolecular Hbond substituents is 1. The molecule has 0 atom stereocenters. The van der Waals surface area contributed by atoms with Gasteiger partial charge in [0.1, 0.15) is 0 Å². The highest BCUT2D eigenvalue weighted by Crippen LogP contribution is 2.37. The summed E-state index contributed by atoms with van der Waals surface area (Å²) in [7, 11) is 1.48. The Morgan fingerprint density at radius 1 is 0.972 bits per heavy atom. The fourth-order valence-corrected chi connectivity index (χ4v) is 3.56. The first-order chi connectivity index (χ1) is 17.4. The quantitative estimate of drug-likeness (QED) is 0.361. The highest BCUT2D eigenvalue weighted by molar-refractivity contribution is 6.00. The van der Waals surface area contributed by atoms with E-state index >= 15 is 0 Å². The van der Waals surface area contributed by atoms with Crippen molar-refractivity contribution in [2.75, 3.05) is 32.2 Å². The van der Waals surface area contributed by atoms with Crippen LogP contribution in [0.1, 0.15) is 30.8 Å². The van der Waals surface area contributed by atoms with E-state index in [9.17, 15) is 19.5 Å². The van der Waals surface area contributed by atoms with Gasteiger partial charge in [-0.25, -0.2) is 9.59 Å². The molecule has 2 aromatic carbocycles. The highest BCUT2D eigenvalue weighted by Gasteiger charge is 2.21. The molecule has 2 amide bonds. The number of carbonyl (C=O) groups excluding carboxylic acids is 3. The molecule has 0 spiro atoms. The lowest BCUT2D eigenvalue weighted by atomic mass is 10.0. The van der Waals surface area contributed by atoms with E-state index in [2.05, 4.69) is 10.6 Å². The number of rotatable bonds is 10. The first-order valence-corrected chi connectivity index (χ1v) is 11.4. The van der Waals surface area contributed by atoms with Gasteiger partial charge in [-0.15, -0.1) is 0 Å². The number of aromatic nitrogens is 1. The van der Waals surface area contributed by atoms with Crippen molar-refractivity contribution in [3.8, 4) is 28.3 Å². The Morgan fingerprint density at radius 2 is 1.69 bits per heavy atom. The summed E-state index contributed by atoms with van der Waals surface area (Å²) >= 11 is 0. The van der Waals surface area contributed by atoms with E-state index in [1.807, 2.05) is 0 Å². The Balaban J connectivity index is 1.83. The smallest absolute Gasteiger partial charge is 0.357 e. The van der Waals surface area contributed by atoms with Crippen LogP contribution in [0.15, 0.2) is 54.7 Å². The van der Waals surface area contributed by atoms with Crippen LogP contribution < -0.4 is 15.4 Å². The van der Waals surface area contributed by atoms with Crippen molar-refractivity contribution < 1.29 is 33.7 Å². The molecular formula is C26H29N3O7. The van der Waals surface area contributed by atoms with Crippen LogP contribution in [0, 0.1) is 0 Å². The summed E-state index contributed by atoms with van der Waals surface area (Å²) < 4.78 is 16.8. The molecule has 190 valence electrons. The minimum Gasteiger partial charge on any atom is -0.504 e. The fraction of sp³-hybridized carbons (Fsp3) is 0.269. The van der Waals surface area contributed by atoms with Crippen molar-refractivity contribution in [2.45, 2.75) is 20.3 Å². The summed E-state index contributed by atoms with van der Waals surface area (Å²) in [4.78, 5) is 36.5. The molecule has 3 N–H and O–H groups in total. The zero-order chi connectivity index (χ0) is 26.1. The molecule has 0 aliphatic carbocycles. The molecule has 0 saturated carbocycles. The van der Waals surface area contributed by atoms with Crippen molar-refractivity contribution in [2.24, 2.45) is 0 Å². The minimum absolute atomic E-state index is 0.0291. The second-order valence-corrected chi connectivity index (χ2v) is 7.51. The van der Waals surface area contributed by atoms with Gasteiger partial charge in [0.2, 0.25) is 0 Å². The third-order valence-corrected chi connectivity index (χ3v) is 5.20. The van der Waals surface area contributed by atoms with Crippen molar-refractivity contribution in [1.82, 2.24) is 9.88 Å². The SMILES string of the molecule is CCOC(=O)CCNC(=O)Nc1ccn(-c2ccc(-c3cccc(OC)c3O)cc2)c1C(=O)OCC. The molecule has 0 bridgehead atoms. The van der Waals surface area contributed by atoms with Crippen molar-refractivity contribution >= 4 is 23.7 Å². The summed E-state index contributed by atoms with van der Waals surface area (Å²) in [6, 6.07) is 13.4.